The topological polar surface area (TPSA) is 56.5 Å². The Balaban J connectivity index is 2.38. The van der Waals surface area contributed by atoms with E-state index in [4.69, 9.17) is 39.6 Å². The average Bonchev–Trinajstić information content (AvgIpc) is 2.48. The fourth-order valence-corrected chi connectivity index (χ4v) is 2.02. The molecule has 1 aromatic carbocycles. The number of hydrogen-bond donors (Lipinski definition) is 0. The summed E-state index contributed by atoms with van der Waals surface area (Å²) in [5, 5.41) is 8.46. The fraction of sp³-hybridized carbons (Fsp3) is 0.154. The molecule has 0 bridgehead atoms. The maximum atomic E-state index is 12.0. The number of rotatable bonds is 4. The van der Waals surface area contributed by atoms with Crippen LogP contribution in [0.3, 0.4) is 0 Å². The third kappa shape index (κ3) is 3.75. The number of aromatic nitrogens is 2. The highest BCUT2D eigenvalue weighted by Crippen LogP contribution is 2.15. The first-order chi connectivity index (χ1) is 10.0. The molecular weight excluding hydrogens is 337 g/mol. The summed E-state index contributed by atoms with van der Waals surface area (Å²) in [6, 6.07) is 6.96. The van der Waals surface area contributed by atoms with Gasteiger partial charge in [-0.1, -0.05) is 52.1 Å². The lowest BCUT2D eigenvalue weighted by Crippen LogP contribution is -2.27. The molecule has 0 unspecified atom stereocenters. The first-order valence-electron chi connectivity index (χ1n) is 5.80. The van der Waals surface area contributed by atoms with E-state index in [1.165, 1.54) is 13.3 Å². The van der Waals surface area contributed by atoms with Crippen LogP contribution in [-0.4, -0.2) is 22.6 Å². The van der Waals surface area contributed by atoms with E-state index >= 15 is 0 Å². The Kier molecular flexibility index (Phi) is 5.22. The monoisotopic (exact) mass is 345 g/mol. The predicted molar refractivity (Wildman–Crippen MR) is 83.5 cm³/mol. The van der Waals surface area contributed by atoms with Gasteiger partial charge in [0, 0.05) is 10.6 Å². The zero-order valence-corrected chi connectivity index (χ0v) is 13.2. The molecule has 1 aromatic heterocycles. The molecule has 0 spiro atoms. The molecule has 0 saturated carbocycles. The van der Waals surface area contributed by atoms with Crippen LogP contribution in [0, 0.1) is 0 Å². The summed E-state index contributed by atoms with van der Waals surface area (Å²) in [4.78, 5) is 16.8. The van der Waals surface area contributed by atoms with Gasteiger partial charge in [0.1, 0.15) is 17.8 Å². The Morgan fingerprint density at radius 3 is 2.57 bits per heavy atom. The highest BCUT2D eigenvalue weighted by molar-refractivity contribution is 6.41. The van der Waals surface area contributed by atoms with Gasteiger partial charge in [-0.25, -0.2) is 4.68 Å². The first kappa shape index (κ1) is 15.8. The lowest BCUT2D eigenvalue weighted by atomic mass is 10.1. The number of nitrogens with zero attached hydrogens (tertiary/aromatic N) is 3. The van der Waals surface area contributed by atoms with E-state index in [2.05, 4.69) is 10.3 Å². The van der Waals surface area contributed by atoms with E-state index in [9.17, 15) is 4.79 Å². The second-order valence-corrected chi connectivity index (χ2v) is 5.22. The van der Waals surface area contributed by atoms with Crippen LogP contribution in [0.2, 0.25) is 15.1 Å². The Morgan fingerprint density at radius 1 is 1.29 bits per heavy atom. The van der Waals surface area contributed by atoms with Gasteiger partial charge in [0.2, 0.25) is 0 Å². The Labute approximate surface area is 135 Å². The minimum atomic E-state index is -0.498. The number of benzene rings is 1. The normalized spacial score (nSPS) is 11.5. The van der Waals surface area contributed by atoms with Gasteiger partial charge in [-0.15, -0.1) is 0 Å². The molecule has 110 valence electrons. The van der Waals surface area contributed by atoms with Crippen LogP contribution in [0.15, 0.2) is 40.4 Å². The summed E-state index contributed by atoms with van der Waals surface area (Å²) in [6.45, 7) is 0.0885. The lowest BCUT2D eigenvalue weighted by Gasteiger charge is -2.08. The summed E-state index contributed by atoms with van der Waals surface area (Å²) < 4.78 is 1.15. The van der Waals surface area contributed by atoms with E-state index in [0.29, 0.717) is 10.7 Å². The summed E-state index contributed by atoms with van der Waals surface area (Å²) in [7, 11) is 1.42. The highest BCUT2D eigenvalue weighted by Gasteiger charge is 2.12. The first-order valence-corrected chi connectivity index (χ1v) is 6.93. The zero-order valence-electron chi connectivity index (χ0n) is 10.9. The van der Waals surface area contributed by atoms with Gasteiger partial charge in [-0.2, -0.15) is 5.10 Å². The van der Waals surface area contributed by atoms with Crippen molar-refractivity contribution >= 4 is 40.5 Å². The molecular formula is C13H10Cl3N3O2. The Bertz CT molecular complexity index is 726. The minimum Gasteiger partial charge on any atom is -0.399 e. The van der Waals surface area contributed by atoms with Crippen molar-refractivity contribution in [3.05, 3.63) is 61.4 Å². The zero-order chi connectivity index (χ0) is 15.4. The molecule has 1 heterocycles. The molecule has 5 nitrogen and oxygen atoms in total. The van der Waals surface area contributed by atoms with Crippen LogP contribution in [0.5, 0.6) is 0 Å². The van der Waals surface area contributed by atoms with Gasteiger partial charge in [-0.3, -0.25) is 4.79 Å². The van der Waals surface area contributed by atoms with Crippen molar-refractivity contribution in [2.24, 2.45) is 5.16 Å². The lowest BCUT2D eigenvalue weighted by molar-refractivity contribution is 0.212. The van der Waals surface area contributed by atoms with Crippen molar-refractivity contribution in [2.45, 2.75) is 6.54 Å². The van der Waals surface area contributed by atoms with Crippen LogP contribution in [0.1, 0.15) is 5.56 Å². The third-order valence-electron chi connectivity index (χ3n) is 2.62. The molecule has 0 atom stereocenters. The molecule has 21 heavy (non-hydrogen) atoms. The van der Waals surface area contributed by atoms with Crippen LogP contribution in [0.25, 0.3) is 0 Å². The van der Waals surface area contributed by atoms with E-state index in [1.807, 2.05) is 0 Å². The minimum absolute atomic E-state index is 0.0838. The van der Waals surface area contributed by atoms with Crippen LogP contribution < -0.4 is 5.56 Å². The number of oxime groups is 1. The van der Waals surface area contributed by atoms with Crippen LogP contribution in [0.4, 0.5) is 0 Å². The van der Waals surface area contributed by atoms with Gasteiger partial charge in [-0.05, 0) is 12.1 Å². The smallest absolute Gasteiger partial charge is 0.287 e. The quantitative estimate of drug-likeness (QED) is 0.631. The molecule has 0 amide bonds. The van der Waals surface area contributed by atoms with Gasteiger partial charge in [0.15, 0.2) is 0 Å². The Morgan fingerprint density at radius 2 is 1.95 bits per heavy atom. The van der Waals surface area contributed by atoms with Crippen molar-refractivity contribution in [3.63, 3.8) is 0 Å². The van der Waals surface area contributed by atoms with Crippen molar-refractivity contribution < 1.29 is 4.84 Å². The summed E-state index contributed by atoms with van der Waals surface area (Å²) in [5.41, 5.74) is 0.755. The average molecular weight is 347 g/mol. The third-order valence-corrected chi connectivity index (χ3v) is 3.62. The van der Waals surface area contributed by atoms with Gasteiger partial charge >= 0.3 is 0 Å². The number of halogens is 3. The van der Waals surface area contributed by atoms with Gasteiger partial charge in [0.25, 0.3) is 5.56 Å². The Hall–Kier alpha value is -1.56. The molecule has 0 aliphatic carbocycles. The maximum Gasteiger partial charge on any atom is 0.287 e. The molecule has 0 N–H and O–H groups in total. The van der Waals surface area contributed by atoms with E-state index < -0.39 is 5.56 Å². The van der Waals surface area contributed by atoms with E-state index in [0.717, 1.165) is 10.2 Å². The van der Waals surface area contributed by atoms with E-state index in [-0.39, 0.29) is 16.6 Å². The molecule has 0 fully saturated rings. The summed E-state index contributed by atoms with van der Waals surface area (Å²) >= 11 is 17.4. The summed E-state index contributed by atoms with van der Waals surface area (Å²) in [5.74, 6) is 0. The van der Waals surface area contributed by atoms with Crippen molar-refractivity contribution in [1.29, 1.82) is 0 Å². The molecule has 2 rings (SSSR count). The van der Waals surface area contributed by atoms with Crippen molar-refractivity contribution in [1.82, 2.24) is 9.78 Å². The van der Waals surface area contributed by atoms with Gasteiger partial charge in [0.05, 0.1) is 17.8 Å². The predicted octanol–water partition coefficient (Wildman–Crippen LogP) is 3.25. The highest BCUT2D eigenvalue weighted by atomic mass is 35.5. The van der Waals surface area contributed by atoms with Crippen molar-refractivity contribution in [3.8, 4) is 0 Å². The molecule has 0 aliphatic heterocycles. The van der Waals surface area contributed by atoms with E-state index in [1.54, 1.807) is 24.3 Å². The molecule has 8 heteroatoms. The molecule has 0 saturated heterocycles. The van der Waals surface area contributed by atoms with Crippen LogP contribution in [-0.2, 0) is 11.4 Å². The molecule has 0 radical (unpaired) electrons. The van der Waals surface area contributed by atoms with Crippen molar-refractivity contribution in [2.75, 3.05) is 7.11 Å². The molecule has 2 aromatic rings. The van der Waals surface area contributed by atoms with Crippen LogP contribution >= 0.6 is 34.8 Å². The maximum absolute atomic E-state index is 12.0. The standard InChI is InChI=1S/C13H10Cl3N3O2/c1-21-18-11(8-2-4-9(14)5-3-8)7-19-13(20)12(16)10(15)6-17-19/h2-6H,7H2,1H3/b18-11+. The second kappa shape index (κ2) is 6.93. The molecule has 0 aliphatic rings. The largest absolute Gasteiger partial charge is 0.399 e. The SMILES string of the molecule is CO/N=C(\Cn1ncc(Cl)c(Cl)c1=O)c1ccc(Cl)cc1. The fourth-order valence-electron chi connectivity index (χ4n) is 1.62. The number of hydrogen-bond acceptors (Lipinski definition) is 4. The second-order valence-electron chi connectivity index (χ2n) is 4.00. The van der Waals surface area contributed by atoms with Gasteiger partial charge < -0.3 is 4.84 Å². The summed E-state index contributed by atoms with van der Waals surface area (Å²) in [6.07, 6.45) is 1.30.